The van der Waals surface area contributed by atoms with Gasteiger partial charge in [0.05, 0.1) is 12.6 Å². The second kappa shape index (κ2) is 6.21. The van der Waals surface area contributed by atoms with Crippen LogP contribution in [0.5, 0.6) is 0 Å². The van der Waals surface area contributed by atoms with Gasteiger partial charge in [0.15, 0.2) is 5.82 Å². The van der Waals surface area contributed by atoms with E-state index in [0.717, 1.165) is 11.1 Å². The monoisotopic (exact) mass is 314 g/mol. The average molecular weight is 314 g/mol. The topological polar surface area (TPSA) is 101 Å². The number of benzene rings is 1. The maximum atomic E-state index is 12.2. The van der Waals surface area contributed by atoms with Crippen molar-refractivity contribution in [3.05, 3.63) is 47.2 Å². The maximum Gasteiger partial charge on any atom is 0.239 e. The lowest BCUT2D eigenvalue weighted by Gasteiger charge is -2.34. The van der Waals surface area contributed by atoms with E-state index in [0.29, 0.717) is 24.5 Å². The predicted octanol–water partition coefficient (Wildman–Crippen LogP) is 0.834. The Labute approximate surface area is 133 Å². The number of hydrogen-bond donors (Lipinski definition) is 2. The number of anilines is 1. The molecule has 2 heterocycles. The highest BCUT2D eigenvalue weighted by atomic mass is 16.5. The molecule has 7 heteroatoms. The van der Waals surface area contributed by atoms with Gasteiger partial charge in [-0.25, -0.2) is 0 Å². The molecule has 0 saturated heterocycles. The zero-order chi connectivity index (χ0) is 16.4. The zero-order valence-electron chi connectivity index (χ0n) is 12.8. The molecule has 1 atom stereocenters. The molecule has 23 heavy (non-hydrogen) atoms. The molecular formula is C16H18N4O3. The van der Waals surface area contributed by atoms with Crippen LogP contribution in [-0.4, -0.2) is 34.5 Å². The third-order valence-corrected chi connectivity index (χ3v) is 3.92. The Balaban J connectivity index is 1.72. The summed E-state index contributed by atoms with van der Waals surface area (Å²) >= 11 is 0. The van der Waals surface area contributed by atoms with Crippen molar-refractivity contribution in [2.75, 3.05) is 11.9 Å². The fourth-order valence-corrected chi connectivity index (χ4v) is 2.82. The SMILES string of the molecule is Cc1cc(NC(=O)CN2Cc3ccccc3CC2C(N)=O)no1. The van der Waals surface area contributed by atoms with E-state index >= 15 is 0 Å². The van der Waals surface area contributed by atoms with Gasteiger partial charge in [0.25, 0.3) is 0 Å². The molecule has 1 unspecified atom stereocenters. The highest BCUT2D eigenvalue weighted by molar-refractivity contribution is 5.92. The number of nitrogens with zero attached hydrogens (tertiary/aromatic N) is 2. The number of aromatic nitrogens is 1. The number of aryl methyl sites for hydroxylation is 1. The Morgan fingerprint density at radius 1 is 1.39 bits per heavy atom. The van der Waals surface area contributed by atoms with E-state index in [1.807, 2.05) is 24.3 Å². The van der Waals surface area contributed by atoms with Gasteiger partial charge in [-0.2, -0.15) is 0 Å². The molecule has 1 aromatic carbocycles. The second-order valence-electron chi connectivity index (χ2n) is 5.67. The predicted molar refractivity (Wildman–Crippen MR) is 83.4 cm³/mol. The number of carbonyl (C=O) groups excluding carboxylic acids is 2. The van der Waals surface area contributed by atoms with Crippen LogP contribution < -0.4 is 11.1 Å². The Bertz CT molecular complexity index is 740. The molecule has 2 amide bonds. The third kappa shape index (κ3) is 3.40. The zero-order valence-corrected chi connectivity index (χ0v) is 12.8. The van der Waals surface area contributed by atoms with Crippen molar-refractivity contribution in [3.63, 3.8) is 0 Å². The van der Waals surface area contributed by atoms with Crippen LogP contribution in [0.25, 0.3) is 0 Å². The van der Waals surface area contributed by atoms with Gasteiger partial charge in [-0.15, -0.1) is 0 Å². The molecule has 1 aliphatic rings. The van der Waals surface area contributed by atoms with Crippen LogP contribution in [0.1, 0.15) is 16.9 Å². The van der Waals surface area contributed by atoms with Crippen molar-refractivity contribution in [2.24, 2.45) is 5.73 Å². The number of nitrogens with two attached hydrogens (primary N) is 1. The van der Waals surface area contributed by atoms with Crippen LogP contribution in [0.15, 0.2) is 34.9 Å². The van der Waals surface area contributed by atoms with Gasteiger partial charge >= 0.3 is 0 Å². The molecule has 0 fully saturated rings. The first-order valence-corrected chi connectivity index (χ1v) is 7.36. The number of carbonyl (C=O) groups is 2. The summed E-state index contributed by atoms with van der Waals surface area (Å²) in [4.78, 5) is 25.7. The van der Waals surface area contributed by atoms with Crippen molar-refractivity contribution in [1.82, 2.24) is 10.1 Å². The Hall–Kier alpha value is -2.67. The van der Waals surface area contributed by atoms with E-state index in [2.05, 4.69) is 10.5 Å². The van der Waals surface area contributed by atoms with Crippen LogP contribution in [0.3, 0.4) is 0 Å². The highest BCUT2D eigenvalue weighted by Gasteiger charge is 2.31. The molecule has 0 spiro atoms. The minimum absolute atomic E-state index is 0.0633. The van der Waals surface area contributed by atoms with Crippen molar-refractivity contribution in [3.8, 4) is 0 Å². The first-order chi connectivity index (χ1) is 11.0. The first-order valence-electron chi connectivity index (χ1n) is 7.36. The number of rotatable bonds is 4. The fourth-order valence-electron chi connectivity index (χ4n) is 2.82. The third-order valence-electron chi connectivity index (χ3n) is 3.92. The van der Waals surface area contributed by atoms with Crippen molar-refractivity contribution in [2.45, 2.75) is 25.9 Å². The number of primary amides is 1. The maximum absolute atomic E-state index is 12.2. The van der Waals surface area contributed by atoms with Crippen LogP contribution in [0, 0.1) is 6.92 Å². The summed E-state index contributed by atoms with van der Waals surface area (Å²) < 4.78 is 4.91. The van der Waals surface area contributed by atoms with Crippen LogP contribution in [0.2, 0.25) is 0 Å². The number of hydrogen-bond acceptors (Lipinski definition) is 5. The number of fused-ring (bicyclic) bond motifs is 1. The quantitative estimate of drug-likeness (QED) is 0.870. The van der Waals surface area contributed by atoms with Crippen molar-refractivity contribution >= 4 is 17.6 Å². The van der Waals surface area contributed by atoms with E-state index in [1.165, 1.54) is 0 Å². The lowest BCUT2D eigenvalue weighted by molar-refractivity contribution is -0.125. The van der Waals surface area contributed by atoms with E-state index in [-0.39, 0.29) is 12.5 Å². The lowest BCUT2D eigenvalue weighted by atomic mass is 9.93. The summed E-state index contributed by atoms with van der Waals surface area (Å²) in [7, 11) is 0. The molecule has 0 saturated carbocycles. The van der Waals surface area contributed by atoms with Crippen LogP contribution >= 0.6 is 0 Å². The highest BCUT2D eigenvalue weighted by Crippen LogP contribution is 2.23. The summed E-state index contributed by atoms with van der Waals surface area (Å²) in [5.41, 5.74) is 7.71. The summed E-state index contributed by atoms with van der Waals surface area (Å²) in [6, 6.07) is 9.01. The smallest absolute Gasteiger partial charge is 0.239 e. The summed E-state index contributed by atoms with van der Waals surface area (Å²) in [5.74, 6) is 0.288. The Morgan fingerprint density at radius 3 is 2.78 bits per heavy atom. The average Bonchev–Trinajstić information content (AvgIpc) is 2.91. The standard InChI is InChI=1S/C16H18N4O3/c1-10-6-14(19-23-10)18-15(21)9-20-8-12-5-3-2-4-11(12)7-13(20)16(17)22/h2-6,13H,7-9H2,1H3,(H2,17,22)(H,18,19,21). The largest absolute Gasteiger partial charge is 0.368 e. The van der Waals surface area contributed by atoms with E-state index in [4.69, 9.17) is 10.3 Å². The molecule has 3 rings (SSSR count). The summed E-state index contributed by atoms with van der Waals surface area (Å²) in [6.45, 7) is 2.32. The molecule has 2 aromatic rings. The van der Waals surface area contributed by atoms with E-state index in [9.17, 15) is 9.59 Å². The van der Waals surface area contributed by atoms with Gasteiger partial charge in [-0.3, -0.25) is 14.5 Å². The van der Waals surface area contributed by atoms with Gasteiger partial charge in [0.2, 0.25) is 11.8 Å². The molecule has 3 N–H and O–H groups in total. The van der Waals surface area contributed by atoms with Crippen molar-refractivity contribution in [1.29, 1.82) is 0 Å². The molecule has 1 aliphatic heterocycles. The molecule has 0 radical (unpaired) electrons. The van der Waals surface area contributed by atoms with Gasteiger partial charge < -0.3 is 15.6 Å². The van der Waals surface area contributed by atoms with Gasteiger partial charge in [0.1, 0.15) is 5.76 Å². The normalized spacial score (nSPS) is 17.5. The fraction of sp³-hybridized carbons (Fsp3) is 0.312. The summed E-state index contributed by atoms with van der Waals surface area (Å²) in [5, 5.41) is 6.38. The summed E-state index contributed by atoms with van der Waals surface area (Å²) in [6.07, 6.45) is 0.516. The van der Waals surface area contributed by atoms with Crippen LogP contribution in [-0.2, 0) is 22.6 Å². The first kappa shape index (κ1) is 15.2. The minimum atomic E-state index is -0.491. The molecule has 0 bridgehead atoms. The van der Waals surface area contributed by atoms with E-state index in [1.54, 1.807) is 17.9 Å². The molecular weight excluding hydrogens is 296 g/mol. The Kier molecular flexibility index (Phi) is 4.12. The van der Waals surface area contributed by atoms with Crippen LogP contribution in [0.4, 0.5) is 5.82 Å². The van der Waals surface area contributed by atoms with Gasteiger partial charge in [-0.05, 0) is 24.5 Å². The van der Waals surface area contributed by atoms with Gasteiger partial charge in [-0.1, -0.05) is 29.4 Å². The number of nitrogens with one attached hydrogen (secondary N) is 1. The molecule has 0 aliphatic carbocycles. The lowest BCUT2D eigenvalue weighted by Crippen LogP contribution is -2.50. The van der Waals surface area contributed by atoms with E-state index < -0.39 is 11.9 Å². The second-order valence-corrected chi connectivity index (χ2v) is 5.67. The number of amides is 2. The van der Waals surface area contributed by atoms with Crippen molar-refractivity contribution < 1.29 is 14.1 Å². The minimum Gasteiger partial charge on any atom is -0.368 e. The molecule has 120 valence electrons. The Morgan fingerprint density at radius 2 is 2.13 bits per heavy atom. The molecule has 1 aromatic heterocycles. The molecule has 7 nitrogen and oxygen atoms in total. The van der Waals surface area contributed by atoms with Gasteiger partial charge in [0, 0.05) is 12.6 Å².